The number of amides is 1. The van der Waals surface area contributed by atoms with Crippen molar-refractivity contribution >= 4 is 57.9 Å². The number of hydrogen-bond acceptors (Lipinski definition) is 6. The van der Waals surface area contributed by atoms with Crippen molar-refractivity contribution in [3.8, 4) is 11.3 Å². The van der Waals surface area contributed by atoms with Crippen molar-refractivity contribution in [3.63, 3.8) is 0 Å². The Balaban J connectivity index is 1.66. The average Bonchev–Trinajstić information content (AvgIpc) is 3.23. The van der Waals surface area contributed by atoms with Gasteiger partial charge in [-0.2, -0.15) is 0 Å². The minimum absolute atomic E-state index is 0.0672. The monoisotopic (exact) mass is 455 g/mol. The van der Waals surface area contributed by atoms with Gasteiger partial charge in [-0.1, -0.05) is 35.6 Å². The minimum Gasteiger partial charge on any atom is -0.481 e. The van der Waals surface area contributed by atoms with Crippen LogP contribution in [0.25, 0.3) is 17.4 Å². The van der Waals surface area contributed by atoms with Gasteiger partial charge in [-0.25, -0.2) is 4.39 Å². The summed E-state index contributed by atoms with van der Waals surface area (Å²) in [5.74, 6) is -0.894. The van der Waals surface area contributed by atoms with Gasteiger partial charge in [-0.05, 0) is 30.3 Å². The molecule has 1 fully saturated rings. The van der Waals surface area contributed by atoms with Crippen molar-refractivity contribution in [1.29, 1.82) is 0 Å². The molecule has 0 bridgehead atoms. The molecule has 10 heteroatoms. The minimum atomic E-state index is -0.948. The SMILES string of the molecule is O=C(O)CCOCCN1C(=O)C(=Cc2ccc(-c3cc(F)ccc3Cl)o2)SC1=S. The highest BCUT2D eigenvalue weighted by molar-refractivity contribution is 8.26. The first kappa shape index (κ1) is 21.5. The lowest BCUT2D eigenvalue weighted by molar-refractivity contribution is -0.138. The second-order valence-electron chi connectivity index (χ2n) is 5.92. The summed E-state index contributed by atoms with van der Waals surface area (Å²) in [6, 6.07) is 7.26. The summed E-state index contributed by atoms with van der Waals surface area (Å²) in [4.78, 5) is 24.8. The van der Waals surface area contributed by atoms with E-state index in [1.807, 2.05) is 0 Å². The number of carboxylic acids is 1. The molecule has 0 radical (unpaired) electrons. The number of thioether (sulfide) groups is 1. The Bertz CT molecular complexity index is 991. The number of carboxylic acid groups (broad SMARTS) is 1. The Hall–Kier alpha value is -2.20. The van der Waals surface area contributed by atoms with Crippen LogP contribution in [-0.2, 0) is 14.3 Å². The first-order valence-corrected chi connectivity index (χ1v) is 10.1. The number of nitrogens with zero attached hydrogens (tertiary/aromatic N) is 1. The van der Waals surface area contributed by atoms with Crippen LogP contribution in [-0.4, -0.2) is 46.0 Å². The Kier molecular flexibility index (Phi) is 7.07. The fraction of sp³-hybridized carbons (Fsp3) is 0.211. The number of halogens is 2. The summed E-state index contributed by atoms with van der Waals surface area (Å²) in [5, 5.41) is 8.92. The van der Waals surface area contributed by atoms with E-state index in [0.29, 0.717) is 31.3 Å². The fourth-order valence-corrected chi connectivity index (χ4v) is 4.00. The van der Waals surface area contributed by atoms with Gasteiger partial charge in [0.05, 0.1) is 36.1 Å². The lowest BCUT2D eigenvalue weighted by atomic mass is 10.2. The lowest BCUT2D eigenvalue weighted by Crippen LogP contribution is -2.31. The van der Waals surface area contributed by atoms with Crippen molar-refractivity contribution in [1.82, 2.24) is 4.90 Å². The van der Waals surface area contributed by atoms with Crippen LogP contribution in [0.1, 0.15) is 12.2 Å². The van der Waals surface area contributed by atoms with Gasteiger partial charge in [0.1, 0.15) is 21.7 Å². The smallest absolute Gasteiger partial charge is 0.305 e. The van der Waals surface area contributed by atoms with Gasteiger partial charge in [0.2, 0.25) is 0 Å². The van der Waals surface area contributed by atoms with Crippen LogP contribution in [0.15, 0.2) is 39.7 Å². The van der Waals surface area contributed by atoms with Crippen LogP contribution < -0.4 is 0 Å². The molecule has 0 atom stereocenters. The molecule has 2 heterocycles. The molecular weight excluding hydrogens is 441 g/mol. The van der Waals surface area contributed by atoms with Crippen molar-refractivity contribution in [2.24, 2.45) is 0 Å². The van der Waals surface area contributed by atoms with E-state index in [1.54, 1.807) is 18.2 Å². The normalized spacial score (nSPS) is 15.5. The summed E-state index contributed by atoms with van der Waals surface area (Å²) in [7, 11) is 0. The van der Waals surface area contributed by atoms with Gasteiger partial charge in [-0.15, -0.1) is 0 Å². The third-order valence-corrected chi connectivity index (χ3v) is 5.59. The number of furan rings is 1. The van der Waals surface area contributed by atoms with Crippen molar-refractivity contribution in [2.75, 3.05) is 19.8 Å². The first-order chi connectivity index (χ1) is 13.8. The molecular formula is C19H15ClFNO5S2. The van der Waals surface area contributed by atoms with Gasteiger partial charge >= 0.3 is 5.97 Å². The molecule has 152 valence electrons. The number of aliphatic carboxylic acids is 1. The zero-order valence-electron chi connectivity index (χ0n) is 14.9. The Morgan fingerprint density at radius 3 is 2.90 bits per heavy atom. The fourth-order valence-electron chi connectivity index (χ4n) is 2.50. The van der Waals surface area contributed by atoms with Crippen molar-refractivity contribution in [3.05, 3.63) is 51.8 Å². The van der Waals surface area contributed by atoms with Crippen LogP contribution in [0.3, 0.4) is 0 Å². The summed E-state index contributed by atoms with van der Waals surface area (Å²) in [6.45, 7) is 0.470. The molecule has 1 aromatic heterocycles. The number of benzene rings is 1. The average molecular weight is 456 g/mol. The maximum Gasteiger partial charge on any atom is 0.305 e. The standard InChI is InChI=1S/C19H15ClFNO5S2/c20-14-3-1-11(21)9-13(14)15-4-2-12(27-15)10-16-18(25)22(19(28)29-16)6-8-26-7-5-17(23)24/h1-4,9-10H,5-8H2,(H,23,24). The molecule has 1 aromatic carbocycles. The predicted octanol–water partition coefficient (Wildman–Crippen LogP) is 4.43. The molecule has 1 aliphatic rings. The molecule has 6 nitrogen and oxygen atoms in total. The van der Waals surface area contributed by atoms with Gasteiger partial charge in [0.15, 0.2) is 0 Å². The van der Waals surface area contributed by atoms with Gasteiger partial charge in [-0.3, -0.25) is 14.5 Å². The Morgan fingerprint density at radius 1 is 1.34 bits per heavy atom. The third-order valence-electron chi connectivity index (χ3n) is 3.89. The van der Waals surface area contributed by atoms with E-state index in [2.05, 4.69) is 0 Å². The zero-order valence-corrected chi connectivity index (χ0v) is 17.3. The zero-order chi connectivity index (χ0) is 21.0. The van der Waals surface area contributed by atoms with E-state index >= 15 is 0 Å². The third kappa shape index (κ3) is 5.45. The largest absolute Gasteiger partial charge is 0.481 e. The maximum atomic E-state index is 13.5. The number of rotatable bonds is 8. The molecule has 1 saturated heterocycles. The van der Waals surface area contributed by atoms with Crippen LogP contribution in [0, 0.1) is 5.82 Å². The van der Waals surface area contributed by atoms with E-state index in [9.17, 15) is 14.0 Å². The highest BCUT2D eigenvalue weighted by Crippen LogP contribution is 2.34. The van der Waals surface area contributed by atoms with Crippen molar-refractivity contribution in [2.45, 2.75) is 6.42 Å². The Morgan fingerprint density at radius 2 is 2.14 bits per heavy atom. The predicted molar refractivity (Wildman–Crippen MR) is 112 cm³/mol. The van der Waals surface area contributed by atoms with Crippen molar-refractivity contribution < 1.29 is 28.2 Å². The summed E-state index contributed by atoms with van der Waals surface area (Å²) in [5.41, 5.74) is 0.414. The summed E-state index contributed by atoms with van der Waals surface area (Å²) >= 11 is 12.5. The van der Waals surface area contributed by atoms with Crippen LogP contribution in [0.4, 0.5) is 4.39 Å². The molecule has 0 unspecified atom stereocenters. The molecule has 29 heavy (non-hydrogen) atoms. The maximum absolute atomic E-state index is 13.5. The first-order valence-electron chi connectivity index (χ1n) is 8.45. The number of thiocarbonyl (C=S) groups is 1. The molecule has 0 spiro atoms. The van der Waals surface area contributed by atoms with E-state index in [-0.39, 0.29) is 32.1 Å². The van der Waals surface area contributed by atoms with E-state index < -0.39 is 11.8 Å². The lowest BCUT2D eigenvalue weighted by Gasteiger charge is -2.14. The second-order valence-corrected chi connectivity index (χ2v) is 8.00. The highest BCUT2D eigenvalue weighted by Gasteiger charge is 2.32. The molecule has 1 N–H and O–H groups in total. The number of hydrogen-bond donors (Lipinski definition) is 1. The molecule has 1 aliphatic heterocycles. The van der Waals surface area contributed by atoms with E-state index in [1.165, 1.54) is 23.1 Å². The molecule has 0 saturated carbocycles. The summed E-state index contributed by atoms with van der Waals surface area (Å²) < 4.78 is 24.7. The molecule has 0 aliphatic carbocycles. The molecule has 3 rings (SSSR count). The quantitative estimate of drug-likeness (QED) is 0.358. The van der Waals surface area contributed by atoms with Gasteiger partial charge in [0, 0.05) is 11.6 Å². The van der Waals surface area contributed by atoms with Crippen LogP contribution in [0.2, 0.25) is 5.02 Å². The molecule has 2 aromatic rings. The Labute approximate surface area is 180 Å². The topological polar surface area (TPSA) is 80.0 Å². The highest BCUT2D eigenvalue weighted by atomic mass is 35.5. The number of ether oxygens (including phenoxy) is 1. The van der Waals surface area contributed by atoms with Gasteiger partial charge < -0.3 is 14.3 Å². The molecule has 1 amide bonds. The van der Waals surface area contributed by atoms with Crippen LogP contribution in [0.5, 0.6) is 0 Å². The van der Waals surface area contributed by atoms with Gasteiger partial charge in [0.25, 0.3) is 5.91 Å². The van der Waals surface area contributed by atoms with Crippen LogP contribution >= 0.6 is 35.6 Å². The van der Waals surface area contributed by atoms with E-state index in [4.69, 9.17) is 38.1 Å². The van der Waals surface area contributed by atoms with E-state index in [0.717, 1.165) is 11.8 Å². The number of carbonyl (C=O) groups excluding carboxylic acids is 1. The number of carbonyl (C=O) groups is 2. The second kappa shape index (κ2) is 9.53. The summed E-state index contributed by atoms with van der Waals surface area (Å²) in [6.07, 6.45) is 1.45.